The number of hydrogen-bond acceptors (Lipinski definition) is 7. The molecule has 0 saturated heterocycles. The molecule has 0 fully saturated rings. The number of nitro benzene ring substituents is 1. The van der Waals surface area contributed by atoms with Gasteiger partial charge in [-0.1, -0.05) is 11.2 Å². The van der Waals surface area contributed by atoms with Gasteiger partial charge in [0.05, 0.1) is 15.9 Å². The molecule has 0 bridgehead atoms. The topological polar surface area (TPSA) is 91.3 Å². The van der Waals surface area contributed by atoms with Gasteiger partial charge in [-0.3, -0.25) is 10.1 Å². The minimum absolute atomic E-state index is 0.124. The second-order valence-electron chi connectivity index (χ2n) is 4.15. The molecule has 0 aliphatic rings. The Kier molecular flexibility index (Phi) is 3.79. The monoisotopic (exact) mass is 321 g/mol. The van der Waals surface area contributed by atoms with E-state index in [-0.39, 0.29) is 23.9 Å². The van der Waals surface area contributed by atoms with Gasteiger partial charge in [0.25, 0.3) is 11.6 Å². The summed E-state index contributed by atoms with van der Waals surface area (Å²) in [5.74, 6) is -0.340. The van der Waals surface area contributed by atoms with Gasteiger partial charge in [0.2, 0.25) is 5.82 Å². The van der Waals surface area contributed by atoms with Gasteiger partial charge in [-0.15, -0.1) is 11.3 Å². The molecule has 3 aromatic rings. The summed E-state index contributed by atoms with van der Waals surface area (Å²) in [6.07, 6.45) is 0. The van der Waals surface area contributed by atoms with Crippen LogP contribution < -0.4 is 4.74 Å². The van der Waals surface area contributed by atoms with E-state index in [9.17, 15) is 14.5 Å². The van der Waals surface area contributed by atoms with Gasteiger partial charge in [-0.05, 0) is 17.5 Å². The standard InChI is InChI=1S/C13H8FN3O4S/c14-9-6-8(17(18)19)3-4-10(9)20-7-12-15-13(16-21-12)11-2-1-5-22-11/h1-6H,7H2. The lowest BCUT2D eigenvalue weighted by atomic mass is 10.3. The molecule has 0 spiro atoms. The first kappa shape index (κ1) is 14.1. The lowest BCUT2D eigenvalue weighted by Crippen LogP contribution is -1.98. The molecular formula is C13H8FN3O4S. The molecule has 0 amide bonds. The van der Waals surface area contributed by atoms with E-state index in [0.717, 1.165) is 17.0 Å². The van der Waals surface area contributed by atoms with Crippen LogP contribution in [0.5, 0.6) is 5.75 Å². The van der Waals surface area contributed by atoms with Crippen molar-refractivity contribution in [3.05, 3.63) is 57.5 Å². The quantitative estimate of drug-likeness (QED) is 0.528. The largest absolute Gasteiger partial charge is 0.481 e. The summed E-state index contributed by atoms with van der Waals surface area (Å²) in [5.41, 5.74) is -0.345. The van der Waals surface area contributed by atoms with Crippen molar-refractivity contribution >= 4 is 17.0 Å². The summed E-state index contributed by atoms with van der Waals surface area (Å²) >= 11 is 1.46. The van der Waals surface area contributed by atoms with E-state index in [4.69, 9.17) is 9.26 Å². The van der Waals surface area contributed by atoms with Gasteiger partial charge < -0.3 is 9.26 Å². The number of halogens is 1. The highest BCUT2D eigenvalue weighted by Crippen LogP contribution is 2.24. The van der Waals surface area contributed by atoms with Crippen LogP contribution in [0.3, 0.4) is 0 Å². The first-order chi connectivity index (χ1) is 10.6. The van der Waals surface area contributed by atoms with Crippen LogP contribution in [0.2, 0.25) is 0 Å². The van der Waals surface area contributed by atoms with Gasteiger partial charge in [0.1, 0.15) is 0 Å². The van der Waals surface area contributed by atoms with Crippen molar-refractivity contribution in [3.8, 4) is 16.5 Å². The maximum Gasteiger partial charge on any atom is 0.272 e. The summed E-state index contributed by atoms with van der Waals surface area (Å²) in [6.45, 7) is -0.132. The van der Waals surface area contributed by atoms with Crippen molar-refractivity contribution < 1.29 is 18.6 Å². The van der Waals surface area contributed by atoms with E-state index in [1.807, 2.05) is 17.5 Å². The Bertz CT molecular complexity index is 803. The minimum atomic E-state index is -0.827. The van der Waals surface area contributed by atoms with Crippen molar-refractivity contribution in [2.75, 3.05) is 0 Å². The molecule has 0 saturated carbocycles. The molecule has 0 radical (unpaired) electrons. The highest BCUT2D eigenvalue weighted by Gasteiger charge is 2.14. The summed E-state index contributed by atoms with van der Waals surface area (Å²) in [5, 5.41) is 16.2. The number of aromatic nitrogens is 2. The van der Waals surface area contributed by atoms with E-state index in [1.165, 1.54) is 17.4 Å². The second-order valence-corrected chi connectivity index (χ2v) is 5.10. The molecule has 9 heteroatoms. The SMILES string of the molecule is O=[N+]([O-])c1ccc(OCc2nc(-c3cccs3)no2)c(F)c1. The molecule has 2 heterocycles. The van der Waals surface area contributed by atoms with Crippen LogP contribution in [0.1, 0.15) is 5.89 Å². The number of ether oxygens (including phenoxy) is 1. The second kappa shape index (κ2) is 5.90. The molecule has 2 aromatic heterocycles. The summed E-state index contributed by atoms with van der Waals surface area (Å²) < 4.78 is 23.8. The van der Waals surface area contributed by atoms with Gasteiger partial charge in [0, 0.05) is 6.07 Å². The summed E-state index contributed by atoms with van der Waals surface area (Å²) in [6, 6.07) is 6.84. The van der Waals surface area contributed by atoms with Crippen LogP contribution in [0, 0.1) is 15.9 Å². The van der Waals surface area contributed by atoms with Crippen LogP contribution in [-0.2, 0) is 6.61 Å². The minimum Gasteiger partial charge on any atom is -0.481 e. The number of rotatable bonds is 5. The molecular weight excluding hydrogens is 313 g/mol. The molecule has 0 aliphatic carbocycles. The van der Waals surface area contributed by atoms with Crippen LogP contribution in [0.25, 0.3) is 10.7 Å². The average molecular weight is 321 g/mol. The third kappa shape index (κ3) is 2.93. The van der Waals surface area contributed by atoms with Crippen LogP contribution in [0.15, 0.2) is 40.2 Å². The molecule has 0 N–H and O–H groups in total. The molecule has 3 rings (SSSR count). The molecule has 7 nitrogen and oxygen atoms in total. The predicted octanol–water partition coefficient (Wildman–Crippen LogP) is 3.42. The zero-order chi connectivity index (χ0) is 15.5. The van der Waals surface area contributed by atoms with E-state index in [1.54, 1.807) is 0 Å². The smallest absolute Gasteiger partial charge is 0.272 e. The summed E-state index contributed by atoms with van der Waals surface area (Å²) in [7, 11) is 0. The van der Waals surface area contributed by atoms with Crippen molar-refractivity contribution in [1.82, 2.24) is 10.1 Å². The lowest BCUT2D eigenvalue weighted by Gasteiger charge is -2.03. The predicted molar refractivity (Wildman–Crippen MR) is 75.0 cm³/mol. The normalized spacial score (nSPS) is 10.6. The van der Waals surface area contributed by atoms with Gasteiger partial charge in [0.15, 0.2) is 18.2 Å². The highest BCUT2D eigenvalue weighted by atomic mass is 32.1. The number of benzene rings is 1. The number of nitrogens with zero attached hydrogens (tertiary/aromatic N) is 3. The van der Waals surface area contributed by atoms with Gasteiger partial charge in [-0.25, -0.2) is 4.39 Å². The first-order valence-electron chi connectivity index (χ1n) is 6.06. The van der Waals surface area contributed by atoms with Crippen LogP contribution >= 0.6 is 11.3 Å². The van der Waals surface area contributed by atoms with E-state index < -0.39 is 10.7 Å². The fourth-order valence-corrected chi connectivity index (χ4v) is 2.33. The highest BCUT2D eigenvalue weighted by molar-refractivity contribution is 7.13. The van der Waals surface area contributed by atoms with Gasteiger partial charge >= 0.3 is 0 Å². The number of thiophene rings is 1. The third-order valence-corrected chi connectivity index (χ3v) is 3.55. The lowest BCUT2D eigenvalue weighted by molar-refractivity contribution is -0.385. The molecule has 22 heavy (non-hydrogen) atoms. The maximum atomic E-state index is 13.6. The molecule has 1 aromatic carbocycles. The van der Waals surface area contributed by atoms with Crippen molar-refractivity contribution in [3.63, 3.8) is 0 Å². The third-order valence-electron chi connectivity index (χ3n) is 2.69. The fourth-order valence-electron chi connectivity index (χ4n) is 1.68. The van der Waals surface area contributed by atoms with E-state index in [0.29, 0.717) is 5.82 Å². The fraction of sp³-hybridized carbons (Fsp3) is 0.0769. The molecule has 0 atom stereocenters. The summed E-state index contributed by atoms with van der Waals surface area (Å²) in [4.78, 5) is 14.8. The molecule has 112 valence electrons. The van der Waals surface area contributed by atoms with Crippen molar-refractivity contribution in [2.24, 2.45) is 0 Å². The Labute approximate surface area is 127 Å². The van der Waals surface area contributed by atoms with Crippen molar-refractivity contribution in [2.45, 2.75) is 6.61 Å². The Morgan fingerprint density at radius 2 is 2.27 bits per heavy atom. The zero-order valence-electron chi connectivity index (χ0n) is 10.9. The van der Waals surface area contributed by atoms with Crippen LogP contribution in [0.4, 0.5) is 10.1 Å². The number of non-ortho nitro benzene ring substituents is 1. The Morgan fingerprint density at radius 3 is 2.95 bits per heavy atom. The van der Waals surface area contributed by atoms with Crippen molar-refractivity contribution in [1.29, 1.82) is 0 Å². The Balaban J connectivity index is 1.69. The zero-order valence-corrected chi connectivity index (χ0v) is 11.7. The van der Waals surface area contributed by atoms with Crippen LogP contribution in [-0.4, -0.2) is 15.1 Å². The Morgan fingerprint density at radius 1 is 1.41 bits per heavy atom. The van der Waals surface area contributed by atoms with Gasteiger partial charge in [-0.2, -0.15) is 4.98 Å². The molecule has 0 unspecified atom stereocenters. The average Bonchev–Trinajstić information content (AvgIpc) is 3.16. The van der Waals surface area contributed by atoms with E-state index in [2.05, 4.69) is 10.1 Å². The Hall–Kier alpha value is -2.81. The first-order valence-corrected chi connectivity index (χ1v) is 6.94. The number of nitro groups is 1. The maximum absolute atomic E-state index is 13.6. The number of hydrogen-bond donors (Lipinski definition) is 0. The van der Waals surface area contributed by atoms with E-state index >= 15 is 0 Å². The molecule has 0 aliphatic heterocycles.